The van der Waals surface area contributed by atoms with E-state index in [-0.39, 0.29) is 0 Å². The number of hydrogen-bond donors (Lipinski definition) is 0. The maximum absolute atomic E-state index is 5.79. The summed E-state index contributed by atoms with van der Waals surface area (Å²) >= 11 is 0. The average molecular weight is 389 g/mol. The molecule has 0 aromatic heterocycles. The number of benzene rings is 2. The standard InChI is InChI=1S/C28H36O/c1-3-5-7-23-8-10-24(11-9-23)12-13-25-14-16-26(17-15-25)27-18-20-28(21-19-27)29-22-6-4-2/h8-11,18-21,25-26H,3-7,14-17,22H2,1-2H3. The predicted molar refractivity (Wildman–Crippen MR) is 123 cm³/mol. The van der Waals surface area contributed by atoms with Gasteiger partial charge in [-0.2, -0.15) is 0 Å². The Labute approximate surface area is 177 Å². The number of aryl methyl sites for hydroxylation is 1. The van der Waals surface area contributed by atoms with Gasteiger partial charge >= 0.3 is 0 Å². The molecule has 0 heterocycles. The van der Waals surface area contributed by atoms with Crippen LogP contribution < -0.4 is 4.74 Å². The van der Waals surface area contributed by atoms with Gasteiger partial charge in [0.15, 0.2) is 0 Å². The molecule has 0 spiro atoms. The van der Waals surface area contributed by atoms with Crippen LogP contribution in [0.15, 0.2) is 48.5 Å². The molecule has 154 valence electrons. The van der Waals surface area contributed by atoms with E-state index >= 15 is 0 Å². The lowest BCUT2D eigenvalue weighted by atomic mass is 9.79. The van der Waals surface area contributed by atoms with Crippen molar-refractivity contribution in [3.05, 3.63) is 65.2 Å². The molecule has 0 unspecified atom stereocenters. The van der Waals surface area contributed by atoms with Crippen LogP contribution >= 0.6 is 0 Å². The maximum atomic E-state index is 5.79. The topological polar surface area (TPSA) is 9.23 Å². The minimum Gasteiger partial charge on any atom is -0.494 e. The Kier molecular flexibility index (Phi) is 8.69. The van der Waals surface area contributed by atoms with E-state index in [0.29, 0.717) is 11.8 Å². The van der Waals surface area contributed by atoms with Crippen molar-refractivity contribution < 1.29 is 4.74 Å². The highest BCUT2D eigenvalue weighted by molar-refractivity contribution is 5.37. The van der Waals surface area contributed by atoms with Gasteiger partial charge in [-0.05, 0) is 86.3 Å². The van der Waals surface area contributed by atoms with E-state index in [1.807, 2.05) is 0 Å². The molecule has 29 heavy (non-hydrogen) atoms. The molecule has 3 rings (SSSR count). The number of ether oxygens (including phenoxy) is 1. The van der Waals surface area contributed by atoms with Gasteiger partial charge in [0.05, 0.1) is 6.61 Å². The van der Waals surface area contributed by atoms with E-state index in [0.717, 1.165) is 24.3 Å². The lowest BCUT2D eigenvalue weighted by molar-refractivity contribution is 0.309. The van der Waals surface area contributed by atoms with Crippen molar-refractivity contribution in [1.29, 1.82) is 0 Å². The minimum absolute atomic E-state index is 0.544. The van der Waals surface area contributed by atoms with Gasteiger partial charge in [0, 0.05) is 11.5 Å². The molecule has 2 aromatic carbocycles. The smallest absolute Gasteiger partial charge is 0.119 e. The van der Waals surface area contributed by atoms with Gasteiger partial charge < -0.3 is 4.74 Å². The summed E-state index contributed by atoms with van der Waals surface area (Å²) in [5.41, 5.74) is 4.05. The summed E-state index contributed by atoms with van der Waals surface area (Å²) < 4.78 is 5.79. The van der Waals surface area contributed by atoms with Crippen LogP contribution in [0.5, 0.6) is 5.75 Å². The van der Waals surface area contributed by atoms with E-state index < -0.39 is 0 Å². The molecule has 1 heteroatoms. The molecule has 0 saturated heterocycles. The highest BCUT2D eigenvalue weighted by atomic mass is 16.5. The molecule has 0 aliphatic heterocycles. The van der Waals surface area contributed by atoms with Crippen molar-refractivity contribution in [3.8, 4) is 17.6 Å². The Bertz CT molecular complexity index is 768. The first-order valence-electron chi connectivity index (χ1n) is 11.6. The molecule has 0 atom stereocenters. The molecule has 1 aliphatic rings. The SMILES string of the molecule is CCCCOc1ccc(C2CCC(C#Cc3ccc(CCCC)cc3)CC2)cc1. The third-order valence-corrected chi connectivity index (χ3v) is 6.04. The van der Waals surface area contributed by atoms with Crippen LogP contribution in [0.1, 0.15) is 87.8 Å². The Hall–Kier alpha value is -2.20. The van der Waals surface area contributed by atoms with Gasteiger partial charge in [-0.3, -0.25) is 0 Å². The summed E-state index contributed by atoms with van der Waals surface area (Å²) in [6, 6.07) is 17.7. The molecule has 0 radical (unpaired) electrons. The Morgan fingerprint density at radius 3 is 2.17 bits per heavy atom. The van der Waals surface area contributed by atoms with Crippen molar-refractivity contribution in [2.24, 2.45) is 5.92 Å². The van der Waals surface area contributed by atoms with Gasteiger partial charge in [-0.25, -0.2) is 0 Å². The lowest BCUT2D eigenvalue weighted by Gasteiger charge is -2.26. The maximum Gasteiger partial charge on any atom is 0.119 e. The highest BCUT2D eigenvalue weighted by Gasteiger charge is 2.21. The van der Waals surface area contributed by atoms with Crippen LogP contribution in [0.3, 0.4) is 0 Å². The molecule has 0 amide bonds. The van der Waals surface area contributed by atoms with Crippen LogP contribution in [-0.2, 0) is 6.42 Å². The second-order valence-electron chi connectivity index (χ2n) is 8.39. The zero-order valence-corrected chi connectivity index (χ0v) is 18.3. The van der Waals surface area contributed by atoms with E-state index in [2.05, 4.69) is 74.2 Å². The van der Waals surface area contributed by atoms with Crippen LogP contribution in [0.4, 0.5) is 0 Å². The zero-order chi connectivity index (χ0) is 20.3. The average Bonchev–Trinajstić information content (AvgIpc) is 2.78. The van der Waals surface area contributed by atoms with Crippen molar-refractivity contribution in [1.82, 2.24) is 0 Å². The third-order valence-electron chi connectivity index (χ3n) is 6.04. The molecule has 1 fully saturated rings. The molecule has 1 nitrogen and oxygen atoms in total. The Morgan fingerprint density at radius 1 is 0.828 bits per heavy atom. The fourth-order valence-corrected chi connectivity index (χ4v) is 4.06. The number of unbranched alkanes of at least 4 members (excludes halogenated alkanes) is 2. The van der Waals surface area contributed by atoms with Crippen molar-refractivity contribution in [3.63, 3.8) is 0 Å². The molecule has 0 bridgehead atoms. The fourth-order valence-electron chi connectivity index (χ4n) is 4.06. The molecule has 0 N–H and O–H groups in total. The summed E-state index contributed by atoms with van der Waals surface area (Å²) in [6.07, 6.45) is 10.9. The van der Waals surface area contributed by atoms with E-state index in [1.165, 1.54) is 62.5 Å². The second-order valence-corrected chi connectivity index (χ2v) is 8.39. The predicted octanol–water partition coefficient (Wildman–Crippen LogP) is 7.53. The van der Waals surface area contributed by atoms with Gasteiger partial charge in [-0.1, -0.05) is 62.8 Å². The highest BCUT2D eigenvalue weighted by Crippen LogP contribution is 2.36. The summed E-state index contributed by atoms with van der Waals surface area (Å²) in [5, 5.41) is 0. The van der Waals surface area contributed by atoms with Crippen LogP contribution in [-0.4, -0.2) is 6.61 Å². The van der Waals surface area contributed by atoms with Gasteiger partial charge in [0.25, 0.3) is 0 Å². The summed E-state index contributed by atoms with van der Waals surface area (Å²) in [5.74, 6) is 9.18. The molecule has 1 saturated carbocycles. The van der Waals surface area contributed by atoms with Crippen LogP contribution in [0.25, 0.3) is 0 Å². The lowest BCUT2D eigenvalue weighted by Crippen LogP contribution is -2.12. The number of hydrogen-bond acceptors (Lipinski definition) is 1. The normalized spacial score (nSPS) is 18.7. The summed E-state index contributed by atoms with van der Waals surface area (Å²) in [7, 11) is 0. The van der Waals surface area contributed by atoms with Gasteiger partial charge in [-0.15, -0.1) is 0 Å². The first-order chi connectivity index (χ1) is 14.3. The van der Waals surface area contributed by atoms with Gasteiger partial charge in [0.2, 0.25) is 0 Å². The van der Waals surface area contributed by atoms with E-state index in [1.54, 1.807) is 0 Å². The van der Waals surface area contributed by atoms with Gasteiger partial charge in [0.1, 0.15) is 5.75 Å². The molecular formula is C28H36O. The van der Waals surface area contributed by atoms with Crippen molar-refractivity contribution >= 4 is 0 Å². The van der Waals surface area contributed by atoms with E-state index in [4.69, 9.17) is 4.74 Å². The first kappa shape index (κ1) is 21.5. The van der Waals surface area contributed by atoms with Crippen LogP contribution in [0, 0.1) is 17.8 Å². The largest absolute Gasteiger partial charge is 0.494 e. The minimum atomic E-state index is 0.544. The monoisotopic (exact) mass is 388 g/mol. The number of rotatable bonds is 8. The molecule has 2 aromatic rings. The Morgan fingerprint density at radius 2 is 1.52 bits per heavy atom. The first-order valence-corrected chi connectivity index (χ1v) is 11.6. The quantitative estimate of drug-likeness (QED) is 0.335. The molecular weight excluding hydrogens is 352 g/mol. The van der Waals surface area contributed by atoms with Crippen LogP contribution in [0.2, 0.25) is 0 Å². The summed E-state index contributed by atoms with van der Waals surface area (Å²) in [6.45, 7) is 5.26. The third kappa shape index (κ3) is 6.97. The fraction of sp³-hybridized carbons (Fsp3) is 0.500. The molecule has 1 aliphatic carbocycles. The van der Waals surface area contributed by atoms with Crippen molar-refractivity contribution in [2.45, 2.75) is 77.6 Å². The Balaban J connectivity index is 1.46. The van der Waals surface area contributed by atoms with Crippen molar-refractivity contribution in [2.75, 3.05) is 6.61 Å². The zero-order valence-electron chi connectivity index (χ0n) is 18.3. The second kappa shape index (κ2) is 11.7. The summed E-state index contributed by atoms with van der Waals surface area (Å²) in [4.78, 5) is 0. The van der Waals surface area contributed by atoms with E-state index in [9.17, 15) is 0 Å².